The number of rotatable bonds is 9. The molecule has 0 spiro atoms. The number of pyridine rings is 1. The van der Waals surface area contributed by atoms with Crippen molar-refractivity contribution in [1.29, 1.82) is 0 Å². The first kappa shape index (κ1) is 26.2. The van der Waals surface area contributed by atoms with E-state index in [0.717, 1.165) is 47.2 Å². The largest absolute Gasteiger partial charge is 0.477 e. The number of nitrogens with zero attached hydrogens (tertiary/aromatic N) is 2. The van der Waals surface area contributed by atoms with Crippen molar-refractivity contribution in [2.75, 3.05) is 33.0 Å². The highest BCUT2D eigenvalue weighted by atomic mass is 35.5. The Balaban J connectivity index is 1.66. The zero-order valence-corrected chi connectivity index (χ0v) is 22.2. The van der Waals surface area contributed by atoms with Gasteiger partial charge < -0.3 is 19.5 Å². The summed E-state index contributed by atoms with van der Waals surface area (Å²) >= 11 is 13.6. The minimum Gasteiger partial charge on any atom is -0.477 e. The van der Waals surface area contributed by atoms with Gasteiger partial charge in [-0.3, -0.25) is 4.79 Å². The van der Waals surface area contributed by atoms with Crippen molar-refractivity contribution in [2.45, 2.75) is 58.9 Å². The highest BCUT2D eigenvalue weighted by Crippen LogP contribution is 2.42. The number of carbonyl (C=O) groups is 1. The predicted octanol–water partition coefficient (Wildman–Crippen LogP) is 5.50. The molecule has 1 fully saturated rings. The van der Waals surface area contributed by atoms with Crippen molar-refractivity contribution in [1.82, 2.24) is 9.88 Å². The molecule has 1 N–H and O–H groups in total. The van der Waals surface area contributed by atoms with Gasteiger partial charge >= 0.3 is 0 Å². The van der Waals surface area contributed by atoms with E-state index in [1.165, 1.54) is 0 Å². The van der Waals surface area contributed by atoms with Crippen LogP contribution in [0.3, 0.4) is 0 Å². The van der Waals surface area contributed by atoms with Gasteiger partial charge in [-0.2, -0.15) is 0 Å². The number of hydrogen-bond acceptors (Lipinski definition) is 5. The molecule has 1 saturated heterocycles. The van der Waals surface area contributed by atoms with Crippen molar-refractivity contribution >= 4 is 29.1 Å². The summed E-state index contributed by atoms with van der Waals surface area (Å²) in [4.78, 5) is 20.2. The molecule has 190 valence electrons. The van der Waals surface area contributed by atoms with Crippen molar-refractivity contribution in [3.63, 3.8) is 0 Å². The Kier molecular flexibility index (Phi) is 8.59. The molecule has 35 heavy (non-hydrogen) atoms. The molecule has 0 bridgehead atoms. The monoisotopic (exact) mass is 520 g/mol. The van der Waals surface area contributed by atoms with Crippen LogP contribution in [0.2, 0.25) is 10.0 Å². The summed E-state index contributed by atoms with van der Waals surface area (Å²) in [5.74, 6) is 0.358. The first-order chi connectivity index (χ1) is 16.8. The Bertz CT molecular complexity index is 1090. The number of aliphatic hydroxyl groups is 1. The van der Waals surface area contributed by atoms with Crippen LogP contribution in [-0.4, -0.2) is 53.9 Å². The first-order valence-electron chi connectivity index (χ1n) is 12.4. The van der Waals surface area contributed by atoms with Gasteiger partial charge in [0, 0.05) is 35.3 Å². The van der Waals surface area contributed by atoms with Crippen LogP contribution in [0.5, 0.6) is 5.88 Å². The number of amides is 1. The maximum absolute atomic E-state index is 13.8. The third kappa shape index (κ3) is 5.46. The molecule has 2 aromatic rings. The van der Waals surface area contributed by atoms with E-state index in [-0.39, 0.29) is 24.3 Å². The Labute approximate surface area is 217 Å². The number of hydrogen-bond donors (Lipinski definition) is 1. The lowest BCUT2D eigenvalue weighted by Crippen LogP contribution is -2.38. The van der Waals surface area contributed by atoms with Gasteiger partial charge in [0.15, 0.2) is 0 Å². The molecule has 0 saturated carbocycles. The van der Waals surface area contributed by atoms with Gasteiger partial charge in [-0.1, -0.05) is 36.5 Å². The van der Waals surface area contributed by atoms with Crippen molar-refractivity contribution < 1.29 is 19.4 Å². The Morgan fingerprint density at radius 3 is 2.80 bits per heavy atom. The number of halogens is 2. The number of benzene rings is 1. The van der Waals surface area contributed by atoms with Crippen LogP contribution in [0.25, 0.3) is 0 Å². The van der Waals surface area contributed by atoms with Gasteiger partial charge in [0.25, 0.3) is 5.91 Å². The number of fused-ring (bicyclic) bond motifs is 1. The molecular formula is C27H34Cl2N2O4. The lowest BCUT2D eigenvalue weighted by molar-refractivity contribution is 0.0724. The third-order valence-electron chi connectivity index (χ3n) is 7.13. The third-order valence-corrected chi connectivity index (χ3v) is 7.88. The minimum absolute atomic E-state index is 0.0759. The Hall–Kier alpha value is -1.86. The van der Waals surface area contributed by atoms with Gasteiger partial charge in [0.1, 0.15) is 0 Å². The Morgan fingerprint density at radius 1 is 1.31 bits per heavy atom. The van der Waals surface area contributed by atoms with E-state index in [9.17, 15) is 9.90 Å². The molecule has 1 amide bonds. The van der Waals surface area contributed by atoms with E-state index in [1.807, 2.05) is 26.0 Å². The zero-order valence-electron chi connectivity index (χ0n) is 20.7. The second kappa shape index (κ2) is 11.5. The summed E-state index contributed by atoms with van der Waals surface area (Å²) < 4.78 is 11.5. The summed E-state index contributed by atoms with van der Waals surface area (Å²) in [7, 11) is 0. The van der Waals surface area contributed by atoms with Crippen LogP contribution < -0.4 is 4.74 Å². The summed E-state index contributed by atoms with van der Waals surface area (Å²) in [6, 6.07) is 3.85. The fourth-order valence-corrected chi connectivity index (χ4v) is 5.79. The van der Waals surface area contributed by atoms with E-state index in [4.69, 9.17) is 32.7 Å². The van der Waals surface area contributed by atoms with Crippen molar-refractivity contribution in [3.8, 4) is 5.88 Å². The molecule has 2 aliphatic heterocycles. The quantitative estimate of drug-likeness (QED) is 0.442. The minimum atomic E-state index is -0.224. The number of aromatic nitrogens is 1. The molecule has 2 aliphatic rings. The van der Waals surface area contributed by atoms with E-state index in [2.05, 4.69) is 11.9 Å². The molecule has 2 unspecified atom stereocenters. The topological polar surface area (TPSA) is 71.9 Å². The SMILES string of the molecule is CCCCOc1nc(C)cc(C)c1CN1CCc2c(Cl)cc(C(CO)C3CCOC3)c(Cl)c2C1=O. The number of carbonyl (C=O) groups excluding carboxylic acids is 1. The fraction of sp³-hybridized carbons (Fsp3) is 0.556. The predicted molar refractivity (Wildman–Crippen MR) is 138 cm³/mol. The van der Waals surface area contributed by atoms with Crippen LogP contribution >= 0.6 is 23.2 Å². The fourth-order valence-electron chi connectivity index (χ4n) is 5.09. The number of aryl methyl sites for hydroxylation is 2. The highest BCUT2D eigenvalue weighted by Gasteiger charge is 2.35. The molecule has 2 atom stereocenters. The zero-order chi connectivity index (χ0) is 25.1. The normalized spacial score (nSPS) is 18.6. The van der Waals surface area contributed by atoms with Crippen LogP contribution in [0.1, 0.15) is 70.4 Å². The molecule has 1 aromatic carbocycles. The smallest absolute Gasteiger partial charge is 0.256 e. The van der Waals surface area contributed by atoms with Gasteiger partial charge in [0.05, 0.1) is 37.0 Å². The maximum atomic E-state index is 13.8. The molecule has 3 heterocycles. The van der Waals surface area contributed by atoms with Crippen molar-refractivity contribution in [3.05, 3.63) is 55.7 Å². The van der Waals surface area contributed by atoms with Crippen LogP contribution in [0, 0.1) is 19.8 Å². The first-order valence-corrected chi connectivity index (χ1v) is 13.2. The average Bonchev–Trinajstić information content (AvgIpc) is 3.35. The summed E-state index contributed by atoms with van der Waals surface area (Å²) in [6.45, 7) is 8.75. The van der Waals surface area contributed by atoms with E-state index < -0.39 is 0 Å². The lowest BCUT2D eigenvalue weighted by Gasteiger charge is -2.32. The van der Waals surface area contributed by atoms with E-state index >= 15 is 0 Å². The van der Waals surface area contributed by atoms with E-state index in [1.54, 1.807) is 4.90 Å². The molecule has 6 nitrogen and oxygen atoms in total. The van der Waals surface area contributed by atoms with Gasteiger partial charge in [-0.25, -0.2) is 4.98 Å². The summed E-state index contributed by atoms with van der Waals surface area (Å²) in [6.07, 6.45) is 3.43. The number of unbranched alkanes of at least 4 members (excludes halogenated alkanes) is 1. The Morgan fingerprint density at radius 2 is 2.11 bits per heavy atom. The molecular weight excluding hydrogens is 487 g/mol. The second-order valence-corrected chi connectivity index (χ2v) is 10.4. The molecule has 4 rings (SSSR count). The van der Waals surface area contributed by atoms with Crippen LogP contribution in [0.15, 0.2) is 12.1 Å². The maximum Gasteiger partial charge on any atom is 0.256 e. The average molecular weight is 521 g/mol. The van der Waals surface area contributed by atoms with Gasteiger partial charge in [0.2, 0.25) is 5.88 Å². The summed E-state index contributed by atoms with van der Waals surface area (Å²) in [5.41, 5.74) is 4.79. The molecule has 0 radical (unpaired) electrons. The number of aliphatic hydroxyl groups excluding tert-OH is 1. The number of ether oxygens (including phenoxy) is 2. The molecule has 0 aliphatic carbocycles. The van der Waals surface area contributed by atoms with Crippen LogP contribution in [-0.2, 0) is 17.7 Å². The standard InChI is InChI=1S/C27H34Cl2N2O4/c1-4-5-9-35-26-21(16(2)11-17(3)30-26)13-31-8-6-19-23(28)12-20(25(29)24(19)27(31)33)22(14-32)18-7-10-34-15-18/h11-12,18,22,32H,4-10,13-15H2,1-3H3. The van der Waals surface area contributed by atoms with E-state index in [0.29, 0.717) is 60.8 Å². The second-order valence-electron chi connectivity index (χ2n) is 9.57. The van der Waals surface area contributed by atoms with Gasteiger partial charge in [-0.05, 0) is 67.9 Å². The summed E-state index contributed by atoms with van der Waals surface area (Å²) in [5, 5.41) is 11.1. The molecule has 8 heteroatoms. The molecule has 1 aromatic heterocycles. The van der Waals surface area contributed by atoms with Crippen molar-refractivity contribution in [2.24, 2.45) is 5.92 Å². The van der Waals surface area contributed by atoms with Gasteiger partial charge in [-0.15, -0.1) is 0 Å². The highest BCUT2D eigenvalue weighted by molar-refractivity contribution is 6.37. The van der Waals surface area contributed by atoms with Crippen LogP contribution in [0.4, 0.5) is 0 Å². The lowest BCUT2D eigenvalue weighted by atomic mass is 9.83.